The van der Waals surface area contributed by atoms with Gasteiger partial charge in [-0.05, 0) is 18.9 Å². The van der Waals surface area contributed by atoms with Gasteiger partial charge in [0.25, 0.3) is 5.91 Å². The summed E-state index contributed by atoms with van der Waals surface area (Å²) in [6, 6.07) is 1.85. The van der Waals surface area contributed by atoms with E-state index >= 15 is 0 Å². The summed E-state index contributed by atoms with van der Waals surface area (Å²) in [5.41, 5.74) is 0.459. The number of hydrogen-bond acceptors (Lipinski definition) is 7. The summed E-state index contributed by atoms with van der Waals surface area (Å²) in [7, 11) is 1.51. The fraction of sp³-hybridized carbons (Fsp3) is 0.429. The van der Waals surface area contributed by atoms with Crippen LogP contribution in [0.4, 0.5) is 5.95 Å². The van der Waals surface area contributed by atoms with Crippen LogP contribution in [0.5, 0.6) is 6.01 Å². The van der Waals surface area contributed by atoms with Gasteiger partial charge in [-0.15, -0.1) is 0 Å². The Kier molecular flexibility index (Phi) is 4.17. The topological polar surface area (TPSA) is 93.4 Å². The molecule has 0 radical (unpaired) electrons. The molecule has 1 N–H and O–H groups in total. The second-order valence-corrected chi connectivity index (χ2v) is 4.93. The van der Waals surface area contributed by atoms with Gasteiger partial charge in [0.1, 0.15) is 6.26 Å². The number of amides is 1. The first-order chi connectivity index (χ1) is 10.8. The predicted octanol–water partition coefficient (Wildman–Crippen LogP) is 1.00. The number of furan rings is 1. The van der Waals surface area contributed by atoms with Gasteiger partial charge in [0.05, 0.1) is 25.5 Å². The molecule has 8 nitrogen and oxygen atoms in total. The van der Waals surface area contributed by atoms with Crippen molar-refractivity contribution in [2.24, 2.45) is 0 Å². The standard InChI is InChI=1S/C14H17N5O3/c1-21-14-17-11(8-15-12(20)10-4-7-22-9-10)16-13(18-14)19-5-2-3-6-19/h4,7,9H,2-3,5-6,8H2,1H3,(H,15,20). The zero-order chi connectivity index (χ0) is 15.4. The third-order valence-electron chi connectivity index (χ3n) is 3.41. The van der Waals surface area contributed by atoms with Gasteiger partial charge in [0.15, 0.2) is 5.82 Å². The van der Waals surface area contributed by atoms with Gasteiger partial charge in [-0.25, -0.2) is 0 Å². The average molecular weight is 303 g/mol. The second kappa shape index (κ2) is 6.42. The van der Waals surface area contributed by atoms with Crippen LogP contribution in [0.15, 0.2) is 23.0 Å². The summed E-state index contributed by atoms with van der Waals surface area (Å²) in [4.78, 5) is 26.8. The molecule has 2 aromatic rings. The molecule has 1 saturated heterocycles. The van der Waals surface area contributed by atoms with Gasteiger partial charge in [-0.2, -0.15) is 15.0 Å². The highest BCUT2D eigenvalue weighted by Crippen LogP contribution is 2.17. The first-order valence-electron chi connectivity index (χ1n) is 7.10. The minimum Gasteiger partial charge on any atom is -0.472 e. The number of nitrogens with one attached hydrogen (secondary N) is 1. The average Bonchev–Trinajstić information content (AvgIpc) is 3.24. The number of carbonyl (C=O) groups excluding carboxylic acids is 1. The minimum absolute atomic E-state index is 0.198. The lowest BCUT2D eigenvalue weighted by Crippen LogP contribution is -2.26. The van der Waals surface area contributed by atoms with E-state index in [2.05, 4.69) is 25.2 Å². The van der Waals surface area contributed by atoms with Gasteiger partial charge in [-0.3, -0.25) is 4.79 Å². The Hall–Kier alpha value is -2.64. The fourth-order valence-corrected chi connectivity index (χ4v) is 2.27. The summed E-state index contributed by atoms with van der Waals surface area (Å²) in [6.07, 6.45) is 5.09. The molecule has 0 spiro atoms. The highest BCUT2D eigenvalue weighted by molar-refractivity contribution is 5.93. The number of ether oxygens (including phenoxy) is 1. The molecule has 1 aliphatic rings. The van der Waals surface area contributed by atoms with Crippen LogP contribution in [0.3, 0.4) is 0 Å². The van der Waals surface area contributed by atoms with Crippen molar-refractivity contribution < 1.29 is 13.9 Å². The van der Waals surface area contributed by atoms with E-state index in [1.807, 2.05) is 0 Å². The van der Waals surface area contributed by atoms with Crippen molar-refractivity contribution in [3.8, 4) is 6.01 Å². The lowest BCUT2D eigenvalue weighted by atomic mass is 10.3. The van der Waals surface area contributed by atoms with E-state index in [-0.39, 0.29) is 18.5 Å². The van der Waals surface area contributed by atoms with E-state index in [1.165, 1.54) is 19.6 Å². The maximum Gasteiger partial charge on any atom is 0.321 e. The first-order valence-corrected chi connectivity index (χ1v) is 7.10. The van der Waals surface area contributed by atoms with Crippen molar-refractivity contribution >= 4 is 11.9 Å². The Balaban J connectivity index is 1.72. The quantitative estimate of drug-likeness (QED) is 0.880. The SMILES string of the molecule is COc1nc(CNC(=O)c2ccoc2)nc(N2CCCC2)n1. The summed E-state index contributed by atoms with van der Waals surface area (Å²) >= 11 is 0. The number of carbonyl (C=O) groups is 1. The molecule has 0 bridgehead atoms. The molecule has 0 unspecified atom stereocenters. The monoisotopic (exact) mass is 303 g/mol. The predicted molar refractivity (Wildman–Crippen MR) is 77.7 cm³/mol. The van der Waals surface area contributed by atoms with Gasteiger partial charge < -0.3 is 19.4 Å². The van der Waals surface area contributed by atoms with Crippen LogP contribution in [0.2, 0.25) is 0 Å². The van der Waals surface area contributed by atoms with Crippen LogP contribution in [-0.2, 0) is 6.54 Å². The van der Waals surface area contributed by atoms with Gasteiger partial charge in [0.2, 0.25) is 5.95 Å². The molecular formula is C14H17N5O3. The first kappa shape index (κ1) is 14.3. The van der Waals surface area contributed by atoms with Gasteiger partial charge >= 0.3 is 6.01 Å². The molecular weight excluding hydrogens is 286 g/mol. The van der Waals surface area contributed by atoms with Crippen LogP contribution in [0.25, 0.3) is 0 Å². The molecule has 2 aromatic heterocycles. The van der Waals surface area contributed by atoms with Crippen molar-refractivity contribution in [3.05, 3.63) is 30.0 Å². The number of methoxy groups -OCH3 is 1. The van der Waals surface area contributed by atoms with E-state index < -0.39 is 0 Å². The van der Waals surface area contributed by atoms with Crippen LogP contribution in [0, 0.1) is 0 Å². The molecule has 3 heterocycles. The van der Waals surface area contributed by atoms with Crippen molar-refractivity contribution in [2.75, 3.05) is 25.1 Å². The zero-order valence-electron chi connectivity index (χ0n) is 12.3. The summed E-state index contributed by atoms with van der Waals surface area (Å²) < 4.78 is 10.00. The molecule has 8 heteroatoms. The summed E-state index contributed by atoms with van der Waals surface area (Å²) in [5, 5.41) is 2.74. The zero-order valence-corrected chi connectivity index (χ0v) is 12.3. The summed E-state index contributed by atoms with van der Waals surface area (Å²) in [5.74, 6) is 0.818. The van der Waals surface area contributed by atoms with E-state index in [0.29, 0.717) is 17.3 Å². The van der Waals surface area contributed by atoms with E-state index in [0.717, 1.165) is 25.9 Å². The normalized spacial score (nSPS) is 14.1. The Bertz CT molecular complexity index is 638. The molecule has 0 saturated carbocycles. The Morgan fingerprint density at radius 3 is 2.86 bits per heavy atom. The Labute approximate surface area is 127 Å². The number of rotatable bonds is 5. The van der Waals surface area contributed by atoms with E-state index in [4.69, 9.17) is 9.15 Å². The third kappa shape index (κ3) is 3.16. The van der Waals surface area contributed by atoms with E-state index in [1.54, 1.807) is 6.07 Å². The number of aromatic nitrogens is 3. The minimum atomic E-state index is -0.240. The number of hydrogen-bond donors (Lipinski definition) is 1. The molecule has 1 amide bonds. The van der Waals surface area contributed by atoms with E-state index in [9.17, 15) is 4.79 Å². The van der Waals surface area contributed by atoms with Crippen molar-refractivity contribution in [3.63, 3.8) is 0 Å². The molecule has 0 atom stereocenters. The number of nitrogens with zero attached hydrogens (tertiary/aromatic N) is 4. The molecule has 3 rings (SSSR count). The van der Waals surface area contributed by atoms with Gasteiger partial charge in [0, 0.05) is 13.1 Å². The second-order valence-electron chi connectivity index (χ2n) is 4.93. The molecule has 1 aliphatic heterocycles. The molecule has 116 valence electrons. The lowest BCUT2D eigenvalue weighted by molar-refractivity contribution is 0.0949. The Morgan fingerprint density at radius 2 is 2.18 bits per heavy atom. The van der Waals surface area contributed by atoms with Crippen LogP contribution >= 0.6 is 0 Å². The molecule has 0 aliphatic carbocycles. The fourth-order valence-electron chi connectivity index (χ4n) is 2.27. The van der Waals surface area contributed by atoms with Gasteiger partial charge in [-0.1, -0.05) is 0 Å². The Morgan fingerprint density at radius 1 is 1.36 bits per heavy atom. The molecule has 0 aromatic carbocycles. The summed E-state index contributed by atoms with van der Waals surface area (Å²) in [6.45, 7) is 2.05. The smallest absolute Gasteiger partial charge is 0.321 e. The largest absolute Gasteiger partial charge is 0.472 e. The maximum atomic E-state index is 11.9. The molecule has 1 fully saturated rings. The van der Waals surface area contributed by atoms with Crippen molar-refractivity contribution in [1.82, 2.24) is 20.3 Å². The van der Waals surface area contributed by atoms with Crippen LogP contribution < -0.4 is 15.0 Å². The van der Waals surface area contributed by atoms with Crippen molar-refractivity contribution in [1.29, 1.82) is 0 Å². The van der Waals surface area contributed by atoms with Crippen LogP contribution in [-0.4, -0.2) is 41.1 Å². The lowest BCUT2D eigenvalue weighted by Gasteiger charge is -2.16. The van der Waals surface area contributed by atoms with Crippen LogP contribution in [0.1, 0.15) is 29.0 Å². The highest BCUT2D eigenvalue weighted by atomic mass is 16.5. The molecule has 22 heavy (non-hydrogen) atoms. The van der Waals surface area contributed by atoms with Crippen molar-refractivity contribution in [2.45, 2.75) is 19.4 Å². The maximum absolute atomic E-state index is 11.9. The number of anilines is 1. The third-order valence-corrected chi connectivity index (χ3v) is 3.41. The highest BCUT2D eigenvalue weighted by Gasteiger charge is 2.18.